The molecule has 36 heavy (non-hydrogen) atoms. The summed E-state index contributed by atoms with van der Waals surface area (Å²) in [5.74, 6) is 1.02. The lowest BCUT2D eigenvalue weighted by Crippen LogP contribution is -2.44. The number of esters is 1. The summed E-state index contributed by atoms with van der Waals surface area (Å²) < 4.78 is 12.2. The highest BCUT2D eigenvalue weighted by molar-refractivity contribution is 5.88. The van der Waals surface area contributed by atoms with Crippen LogP contribution in [0.3, 0.4) is 0 Å². The Morgan fingerprint density at radius 2 is 1.61 bits per heavy atom. The second-order valence-electron chi connectivity index (χ2n) is 10.5. The Morgan fingerprint density at radius 1 is 0.972 bits per heavy atom. The molecule has 3 aliphatic rings. The summed E-state index contributed by atoms with van der Waals surface area (Å²) in [7, 11) is 2.20. The van der Waals surface area contributed by atoms with Gasteiger partial charge in [-0.05, 0) is 69.3 Å². The van der Waals surface area contributed by atoms with Gasteiger partial charge in [-0.25, -0.2) is 4.79 Å². The number of carbonyl (C=O) groups is 1. The van der Waals surface area contributed by atoms with Crippen LogP contribution in [-0.2, 0) is 21.6 Å². The number of nitrogens with zero attached hydrogens (tertiary/aromatic N) is 1. The molecule has 0 amide bonds. The van der Waals surface area contributed by atoms with Crippen molar-refractivity contribution in [2.75, 3.05) is 13.6 Å². The zero-order chi connectivity index (χ0) is 24.7. The summed E-state index contributed by atoms with van der Waals surface area (Å²) in [4.78, 5) is 16.2. The average molecular weight is 484 g/mol. The first-order valence-electron chi connectivity index (χ1n) is 13.1. The van der Waals surface area contributed by atoms with Crippen molar-refractivity contribution < 1.29 is 19.4 Å². The summed E-state index contributed by atoms with van der Waals surface area (Å²) >= 11 is 0. The van der Waals surface area contributed by atoms with Crippen molar-refractivity contribution in [1.82, 2.24) is 4.90 Å². The third kappa shape index (κ3) is 3.91. The summed E-state index contributed by atoms with van der Waals surface area (Å²) in [6, 6.07) is 25.4. The second-order valence-corrected chi connectivity index (χ2v) is 10.5. The van der Waals surface area contributed by atoms with Crippen LogP contribution in [0.1, 0.15) is 42.4 Å². The molecule has 0 aromatic heterocycles. The third-order valence-electron chi connectivity index (χ3n) is 8.49. The molecule has 5 nitrogen and oxygen atoms in total. The minimum absolute atomic E-state index is 0.162. The van der Waals surface area contributed by atoms with Crippen LogP contribution < -0.4 is 4.74 Å². The number of carbonyl (C=O) groups excluding carboxylic acids is 1. The lowest BCUT2D eigenvalue weighted by atomic mass is 9.83. The molecule has 1 aliphatic heterocycles. The van der Waals surface area contributed by atoms with Gasteiger partial charge < -0.3 is 19.5 Å². The van der Waals surface area contributed by atoms with Crippen LogP contribution in [0.15, 0.2) is 78.9 Å². The van der Waals surface area contributed by atoms with Gasteiger partial charge in [0.25, 0.3) is 0 Å². The molecule has 1 heterocycles. The van der Waals surface area contributed by atoms with Crippen molar-refractivity contribution in [3.05, 3.63) is 95.6 Å². The van der Waals surface area contributed by atoms with Crippen LogP contribution in [0.5, 0.6) is 11.5 Å². The molecule has 0 spiro atoms. The number of aryl methyl sites for hydroxylation is 1. The molecule has 0 saturated heterocycles. The number of hydrogen-bond acceptors (Lipinski definition) is 5. The molecule has 2 saturated carbocycles. The Balaban J connectivity index is 1.17. The predicted molar refractivity (Wildman–Crippen MR) is 138 cm³/mol. The maximum atomic E-state index is 13.8. The Bertz CT molecular complexity index is 1200. The number of hydrogen-bond donors (Lipinski definition) is 1. The quantitative estimate of drug-likeness (QED) is 0.462. The molecule has 6 rings (SSSR count). The molecule has 0 radical (unpaired) electrons. The standard InChI is InChI=1S/C31H33NO4/c1-32(19-9-12-21-10-3-2-4-11-21)26-20-22-17-18-23(26)29(22)36-30(33)31(34)24-13-5-7-15-27(24)35-28-16-8-6-14-25(28)31/h2-8,10-11,13-16,22-23,26,29,34H,9,12,17-20H2,1H3. The Labute approximate surface area is 212 Å². The van der Waals surface area contributed by atoms with E-state index < -0.39 is 11.6 Å². The minimum Gasteiger partial charge on any atom is -0.459 e. The number of aliphatic hydroxyl groups is 1. The zero-order valence-corrected chi connectivity index (χ0v) is 20.7. The van der Waals surface area contributed by atoms with Gasteiger partial charge in [0.2, 0.25) is 5.60 Å². The fraction of sp³-hybridized carbons (Fsp3) is 0.387. The summed E-state index contributed by atoms with van der Waals surface area (Å²) in [6.45, 7) is 1.02. The van der Waals surface area contributed by atoms with Crippen molar-refractivity contribution in [3.8, 4) is 11.5 Å². The molecule has 2 aliphatic carbocycles. The first-order chi connectivity index (χ1) is 17.6. The lowest BCUT2D eigenvalue weighted by Gasteiger charge is -2.35. The zero-order valence-electron chi connectivity index (χ0n) is 20.7. The average Bonchev–Trinajstić information content (AvgIpc) is 3.46. The smallest absolute Gasteiger partial charge is 0.348 e. The molecule has 3 aromatic rings. The molecule has 3 aromatic carbocycles. The van der Waals surface area contributed by atoms with Crippen LogP contribution >= 0.6 is 0 Å². The molecule has 2 fully saturated rings. The minimum atomic E-state index is -1.88. The van der Waals surface area contributed by atoms with E-state index in [1.54, 1.807) is 24.3 Å². The van der Waals surface area contributed by atoms with Crippen molar-refractivity contribution in [2.45, 2.75) is 49.9 Å². The van der Waals surface area contributed by atoms with Crippen molar-refractivity contribution in [3.63, 3.8) is 0 Å². The van der Waals surface area contributed by atoms with Gasteiger partial charge in [-0.3, -0.25) is 0 Å². The van der Waals surface area contributed by atoms with E-state index in [2.05, 4.69) is 42.3 Å². The number of para-hydroxylation sites is 2. The topological polar surface area (TPSA) is 59.0 Å². The molecule has 186 valence electrons. The van der Waals surface area contributed by atoms with Crippen LogP contribution in [0.4, 0.5) is 0 Å². The van der Waals surface area contributed by atoms with Gasteiger partial charge in [0.05, 0.1) is 0 Å². The van der Waals surface area contributed by atoms with Gasteiger partial charge in [-0.15, -0.1) is 0 Å². The van der Waals surface area contributed by atoms with Crippen molar-refractivity contribution in [1.29, 1.82) is 0 Å². The van der Waals surface area contributed by atoms with Gasteiger partial charge in [0.15, 0.2) is 0 Å². The molecule has 5 heteroatoms. The monoisotopic (exact) mass is 483 g/mol. The fourth-order valence-electron chi connectivity index (χ4n) is 6.67. The SMILES string of the molecule is CN(CCCc1ccccc1)C1CC2CCC1C2OC(=O)C1(O)c2ccccc2Oc2ccccc21. The van der Waals surface area contributed by atoms with E-state index in [1.807, 2.05) is 24.3 Å². The van der Waals surface area contributed by atoms with Gasteiger partial charge in [0.1, 0.15) is 17.6 Å². The van der Waals surface area contributed by atoms with E-state index >= 15 is 0 Å². The largest absolute Gasteiger partial charge is 0.459 e. The maximum absolute atomic E-state index is 13.8. The lowest BCUT2D eigenvalue weighted by molar-refractivity contribution is -0.171. The number of benzene rings is 3. The molecule has 2 bridgehead atoms. The summed E-state index contributed by atoms with van der Waals surface area (Å²) in [5, 5.41) is 11.9. The van der Waals surface area contributed by atoms with Gasteiger partial charge in [0, 0.05) is 23.1 Å². The number of ether oxygens (including phenoxy) is 2. The van der Waals surface area contributed by atoms with Gasteiger partial charge >= 0.3 is 5.97 Å². The van der Waals surface area contributed by atoms with Crippen LogP contribution in [0, 0.1) is 11.8 Å². The van der Waals surface area contributed by atoms with Crippen LogP contribution in [0.2, 0.25) is 0 Å². The van der Waals surface area contributed by atoms with Crippen LogP contribution in [-0.4, -0.2) is 41.7 Å². The van der Waals surface area contributed by atoms with E-state index in [4.69, 9.17) is 9.47 Å². The molecule has 4 atom stereocenters. The number of fused-ring (bicyclic) bond motifs is 4. The van der Waals surface area contributed by atoms with Crippen LogP contribution in [0.25, 0.3) is 0 Å². The first-order valence-corrected chi connectivity index (χ1v) is 13.1. The fourth-order valence-corrected chi connectivity index (χ4v) is 6.67. The Kier molecular flexibility index (Phi) is 6.06. The van der Waals surface area contributed by atoms with Crippen molar-refractivity contribution >= 4 is 5.97 Å². The molecular weight excluding hydrogens is 450 g/mol. The van der Waals surface area contributed by atoms with Gasteiger partial charge in [-0.2, -0.15) is 0 Å². The van der Waals surface area contributed by atoms with Gasteiger partial charge in [-0.1, -0.05) is 66.7 Å². The van der Waals surface area contributed by atoms with E-state index in [0.717, 1.165) is 38.6 Å². The predicted octanol–water partition coefficient (Wildman–Crippen LogP) is 5.30. The highest BCUT2D eigenvalue weighted by Crippen LogP contribution is 2.51. The van der Waals surface area contributed by atoms with E-state index in [-0.39, 0.29) is 6.10 Å². The summed E-state index contributed by atoms with van der Waals surface area (Å²) in [5.41, 5.74) is 0.364. The Hall–Kier alpha value is -3.15. The highest BCUT2D eigenvalue weighted by Gasteiger charge is 2.55. The first kappa shape index (κ1) is 23.3. The third-order valence-corrected chi connectivity index (χ3v) is 8.49. The molecular formula is C31H33NO4. The van der Waals surface area contributed by atoms with E-state index in [9.17, 15) is 9.90 Å². The normalized spacial score (nSPS) is 25.2. The van der Waals surface area contributed by atoms with E-state index in [1.165, 1.54) is 5.56 Å². The summed E-state index contributed by atoms with van der Waals surface area (Å²) in [6.07, 6.45) is 5.19. The highest BCUT2D eigenvalue weighted by atomic mass is 16.6. The second kappa shape index (κ2) is 9.38. The van der Waals surface area contributed by atoms with Crippen molar-refractivity contribution in [2.24, 2.45) is 11.8 Å². The van der Waals surface area contributed by atoms with E-state index in [0.29, 0.717) is 40.5 Å². The number of rotatable bonds is 7. The maximum Gasteiger partial charge on any atom is 0.348 e. The Morgan fingerprint density at radius 3 is 2.31 bits per heavy atom. The molecule has 1 N–H and O–H groups in total. The molecule has 4 unspecified atom stereocenters.